The zero-order valence-corrected chi connectivity index (χ0v) is 19.4. The average Bonchev–Trinajstić information content (AvgIpc) is 3.36. The Morgan fingerprint density at radius 2 is 1.91 bits per heavy atom. The molecule has 1 amide bonds. The van der Waals surface area contributed by atoms with Crippen LogP contribution in [0.5, 0.6) is 11.5 Å². The summed E-state index contributed by atoms with van der Waals surface area (Å²) in [5, 5.41) is 9.73. The Balaban J connectivity index is 1.82. The van der Waals surface area contributed by atoms with Crippen LogP contribution in [0.25, 0.3) is 27.8 Å². The second kappa shape index (κ2) is 8.77. The maximum atomic E-state index is 13.3. The number of imidazole rings is 1. The highest BCUT2D eigenvalue weighted by Gasteiger charge is 2.26. The molecular formula is C24H25F2N5O3. The number of carbonyl (C=O) groups excluding carboxylic acids is 1. The smallest absolute Gasteiger partial charge is 0.387 e. The van der Waals surface area contributed by atoms with E-state index in [0.717, 1.165) is 22.3 Å². The normalized spacial score (nSPS) is 11.8. The third-order valence-corrected chi connectivity index (χ3v) is 5.17. The van der Waals surface area contributed by atoms with Crippen LogP contribution in [-0.2, 0) is 0 Å². The molecule has 0 spiro atoms. The summed E-state index contributed by atoms with van der Waals surface area (Å²) in [6.45, 7) is 4.17. The highest BCUT2D eigenvalue weighted by Crippen LogP contribution is 2.35. The highest BCUT2D eigenvalue weighted by molar-refractivity contribution is 6.00. The fourth-order valence-electron chi connectivity index (χ4n) is 3.72. The van der Waals surface area contributed by atoms with E-state index in [0.29, 0.717) is 11.2 Å². The van der Waals surface area contributed by atoms with Gasteiger partial charge in [0.25, 0.3) is 5.91 Å². The zero-order valence-electron chi connectivity index (χ0n) is 19.4. The van der Waals surface area contributed by atoms with E-state index in [4.69, 9.17) is 9.47 Å². The van der Waals surface area contributed by atoms with Crippen LogP contribution in [0, 0.1) is 6.92 Å². The summed E-state index contributed by atoms with van der Waals surface area (Å²) in [6.07, 6.45) is 3.32. The first-order chi connectivity index (χ1) is 16.1. The number of alkyl halides is 2. The topological polar surface area (TPSA) is 94.1 Å². The number of hydrogen-bond donors (Lipinski definition) is 2. The molecule has 0 saturated carbocycles. The number of carbonyl (C=O) groups is 1. The summed E-state index contributed by atoms with van der Waals surface area (Å²) in [6, 6.07) is 8.69. The standard InChI is InChI=1S/C24H25F2N5O3/c1-13-16(11-28-30-13)14-6-7-18-17(8-14)27-12-31(18)15-9-19(33-5)21(20(10-15)34-23(25)26)22(32)29-24(2,3)4/h6-12,23H,1-5H3,(H,28,30)(H,29,32). The van der Waals surface area contributed by atoms with Gasteiger partial charge in [-0.15, -0.1) is 0 Å². The van der Waals surface area contributed by atoms with Crippen molar-refractivity contribution in [2.24, 2.45) is 0 Å². The van der Waals surface area contributed by atoms with Gasteiger partial charge in [-0.25, -0.2) is 4.98 Å². The van der Waals surface area contributed by atoms with E-state index in [-0.39, 0.29) is 17.1 Å². The number of nitrogens with one attached hydrogen (secondary N) is 2. The van der Waals surface area contributed by atoms with Gasteiger partial charge in [0.15, 0.2) is 0 Å². The maximum absolute atomic E-state index is 13.3. The Bertz CT molecular complexity index is 1350. The van der Waals surface area contributed by atoms with Crippen LogP contribution in [0.1, 0.15) is 36.8 Å². The number of methoxy groups -OCH3 is 1. The van der Waals surface area contributed by atoms with Gasteiger partial charge in [-0.2, -0.15) is 13.9 Å². The number of aromatic amines is 1. The molecule has 0 aliphatic heterocycles. The van der Waals surface area contributed by atoms with Gasteiger partial charge < -0.3 is 14.8 Å². The molecule has 2 N–H and O–H groups in total. The quantitative estimate of drug-likeness (QED) is 0.421. The summed E-state index contributed by atoms with van der Waals surface area (Å²) < 4.78 is 38.4. The van der Waals surface area contributed by atoms with Crippen LogP contribution < -0.4 is 14.8 Å². The molecule has 0 unspecified atom stereocenters. The van der Waals surface area contributed by atoms with E-state index in [2.05, 4.69) is 20.5 Å². The third-order valence-electron chi connectivity index (χ3n) is 5.17. The number of H-pyrrole nitrogens is 1. The molecular weight excluding hydrogens is 444 g/mol. The van der Waals surface area contributed by atoms with E-state index in [1.165, 1.54) is 13.2 Å². The minimum absolute atomic E-state index is 0.0994. The Labute approximate surface area is 194 Å². The highest BCUT2D eigenvalue weighted by atomic mass is 19.3. The first kappa shape index (κ1) is 23.2. The van der Waals surface area contributed by atoms with Gasteiger partial charge in [-0.1, -0.05) is 6.07 Å². The first-order valence-electron chi connectivity index (χ1n) is 10.5. The summed E-state index contributed by atoms with van der Waals surface area (Å²) >= 11 is 0. The molecule has 0 aliphatic carbocycles. The van der Waals surface area contributed by atoms with Crippen molar-refractivity contribution in [1.29, 1.82) is 0 Å². The Morgan fingerprint density at radius 1 is 1.18 bits per heavy atom. The minimum atomic E-state index is -3.12. The fraction of sp³-hybridized carbons (Fsp3) is 0.292. The van der Waals surface area contributed by atoms with E-state index < -0.39 is 18.1 Å². The van der Waals surface area contributed by atoms with Crippen LogP contribution in [0.4, 0.5) is 8.78 Å². The van der Waals surface area contributed by atoms with Crippen molar-refractivity contribution in [2.45, 2.75) is 39.8 Å². The number of hydrogen-bond acceptors (Lipinski definition) is 5. The number of benzene rings is 2. The SMILES string of the molecule is COc1cc(-n2cnc3cc(-c4cn[nH]c4C)ccc32)cc(OC(F)F)c1C(=O)NC(C)(C)C. The summed E-state index contributed by atoms with van der Waals surface area (Å²) in [4.78, 5) is 17.4. The predicted molar refractivity (Wildman–Crippen MR) is 124 cm³/mol. The molecule has 2 heterocycles. The first-order valence-corrected chi connectivity index (χ1v) is 10.5. The number of ether oxygens (including phenoxy) is 2. The molecule has 2 aromatic carbocycles. The lowest BCUT2D eigenvalue weighted by Crippen LogP contribution is -2.41. The molecule has 34 heavy (non-hydrogen) atoms. The number of nitrogens with zero attached hydrogens (tertiary/aromatic N) is 3. The van der Waals surface area contributed by atoms with Gasteiger partial charge in [0.1, 0.15) is 23.4 Å². The molecule has 178 valence electrons. The van der Waals surface area contributed by atoms with Gasteiger partial charge in [0.2, 0.25) is 0 Å². The molecule has 2 aromatic heterocycles. The lowest BCUT2D eigenvalue weighted by molar-refractivity contribution is -0.0502. The van der Waals surface area contributed by atoms with Crippen molar-refractivity contribution in [3.8, 4) is 28.3 Å². The molecule has 0 radical (unpaired) electrons. The number of fused-ring (bicyclic) bond motifs is 1. The van der Waals surface area contributed by atoms with Crippen molar-refractivity contribution in [1.82, 2.24) is 25.1 Å². The van der Waals surface area contributed by atoms with Crippen LogP contribution in [0.2, 0.25) is 0 Å². The Kier molecular flexibility index (Phi) is 5.99. The van der Waals surface area contributed by atoms with Gasteiger partial charge in [-0.05, 0) is 45.4 Å². The second-order valence-electron chi connectivity index (χ2n) is 8.83. The van der Waals surface area contributed by atoms with Crippen molar-refractivity contribution in [3.63, 3.8) is 0 Å². The lowest BCUT2D eigenvalue weighted by atomic mass is 10.1. The molecule has 0 saturated heterocycles. The summed E-state index contributed by atoms with van der Waals surface area (Å²) in [7, 11) is 1.37. The third kappa shape index (κ3) is 4.57. The molecule has 0 aliphatic rings. The largest absolute Gasteiger partial charge is 0.496 e. The fourth-order valence-corrected chi connectivity index (χ4v) is 3.72. The lowest BCUT2D eigenvalue weighted by Gasteiger charge is -2.23. The maximum Gasteiger partial charge on any atom is 0.387 e. The van der Waals surface area contributed by atoms with Gasteiger partial charge in [0.05, 0.1) is 30.0 Å². The molecule has 0 atom stereocenters. The summed E-state index contributed by atoms with van der Waals surface area (Å²) in [5.74, 6) is -0.775. The van der Waals surface area contributed by atoms with Crippen LogP contribution >= 0.6 is 0 Å². The average molecular weight is 469 g/mol. The van der Waals surface area contributed by atoms with Gasteiger partial charge in [0, 0.05) is 28.9 Å². The van der Waals surface area contributed by atoms with E-state index >= 15 is 0 Å². The zero-order chi connectivity index (χ0) is 24.6. The predicted octanol–water partition coefficient (Wildman–Crippen LogP) is 4.86. The molecule has 4 aromatic rings. The molecule has 8 nitrogen and oxygen atoms in total. The second-order valence-corrected chi connectivity index (χ2v) is 8.83. The number of rotatable bonds is 6. The van der Waals surface area contributed by atoms with Crippen molar-refractivity contribution >= 4 is 16.9 Å². The summed E-state index contributed by atoms with van der Waals surface area (Å²) in [5.41, 5.74) is 4.02. The van der Waals surface area contributed by atoms with Crippen LogP contribution in [0.15, 0.2) is 42.9 Å². The minimum Gasteiger partial charge on any atom is -0.496 e. The number of amides is 1. The van der Waals surface area contributed by atoms with Gasteiger partial charge in [-0.3, -0.25) is 14.5 Å². The monoisotopic (exact) mass is 469 g/mol. The number of halogens is 2. The number of aryl methyl sites for hydroxylation is 1. The van der Waals surface area contributed by atoms with Crippen molar-refractivity contribution < 1.29 is 23.0 Å². The van der Waals surface area contributed by atoms with E-state index in [9.17, 15) is 13.6 Å². The molecule has 0 bridgehead atoms. The Morgan fingerprint density at radius 3 is 2.53 bits per heavy atom. The van der Waals surface area contributed by atoms with Crippen molar-refractivity contribution in [3.05, 3.63) is 54.1 Å². The van der Waals surface area contributed by atoms with E-state index in [1.54, 1.807) is 43.9 Å². The van der Waals surface area contributed by atoms with Crippen molar-refractivity contribution in [2.75, 3.05) is 7.11 Å². The van der Waals surface area contributed by atoms with Gasteiger partial charge >= 0.3 is 6.61 Å². The molecule has 4 rings (SSSR count). The number of aromatic nitrogens is 4. The van der Waals surface area contributed by atoms with Crippen LogP contribution in [-0.4, -0.2) is 44.9 Å². The molecule has 0 fully saturated rings. The van der Waals surface area contributed by atoms with Crippen LogP contribution in [0.3, 0.4) is 0 Å². The Hall–Kier alpha value is -3.95. The molecule has 10 heteroatoms. The van der Waals surface area contributed by atoms with E-state index in [1.807, 2.05) is 25.1 Å².